The van der Waals surface area contributed by atoms with Crippen LogP contribution in [-0.4, -0.2) is 34.3 Å². The Morgan fingerprint density at radius 2 is 1.94 bits per heavy atom. The topological polar surface area (TPSA) is 139 Å². The summed E-state index contributed by atoms with van der Waals surface area (Å²) in [6, 6.07) is 0. The highest BCUT2D eigenvalue weighted by molar-refractivity contribution is 5.76. The van der Waals surface area contributed by atoms with Crippen molar-refractivity contribution in [3.05, 3.63) is 0 Å². The van der Waals surface area contributed by atoms with Crippen LogP contribution in [0.3, 0.4) is 0 Å². The van der Waals surface area contributed by atoms with E-state index in [1.807, 2.05) is 0 Å². The fourth-order valence-electron chi connectivity index (χ4n) is 1.53. The Morgan fingerprint density at radius 3 is 2.41 bits per heavy atom. The molecule has 0 unspecified atom stereocenters. The van der Waals surface area contributed by atoms with Gasteiger partial charge in [-0.1, -0.05) is 0 Å². The first-order valence-electron chi connectivity index (χ1n) is 5.07. The van der Waals surface area contributed by atoms with Crippen LogP contribution in [0.25, 0.3) is 0 Å². The highest BCUT2D eigenvalue weighted by atomic mass is 16.3. The molecule has 0 aliphatic rings. The first kappa shape index (κ1) is 13.3. The van der Waals surface area contributed by atoms with Crippen molar-refractivity contribution in [2.75, 3.05) is 35.4 Å². The van der Waals surface area contributed by atoms with Gasteiger partial charge in [0.25, 0.3) is 0 Å². The first-order chi connectivity index (χ1) is 7.74. The zero-order valence-electron chi connectivity index (χ0n) is 10.2. The van der Waals surface area contributed by atoms with Gasteiger partial charge in [-0.3, -0.25) is 0 Å². The summed E-state index contributed by atoms with van der Waals surface area (Å²) in [7, 11) is 1.75. The van der Waals surface area contributed by atoms with E-state index in [1.54, 1.807) is 25.8 Å². The van der Waals surface area contributed by atoms with Gasteiger partial charge in [-0.2, -0.15) is 9.97 Å². The normalized spacial score (nSPS) is 11.4. The van der Waals surface area contributed by atoms with Gasteiger partial charge in [0.15, 0.2) is 11.6 Å². The third-order valence-electron chi connectivity index (χ3n) is 2.07. The second kappa shape index (κ2) is 4.60. The molecular formula is C9H19N7O. The molecule has 0 aliphatic heterocycles. The van der Waals surface area contributed by atoms with Crippen molar-refractivity contribution in [2.24, 2.45) is 5.84 Å². The zero-order chi connectivity index (χ0) is 13.2. The molecule has 0 fully saturated rings. The Balaban J connectivity index is 3.09. The number of likely N-dealkylation sites (N-methyl/N-ethyl adjacent to an activating group) is 1. The Kier molecular flexibility index (Phi) is 3.59. The highest BCUT2D eigenvalue weighted by Gasteiger charge is 2.20. The Bertz CT molecular complexity index is 401. The molecule has 1 aromatic rings. The summed E-state index contributed by atoms with van der Waals surface area (Å²) in [6.45, 7) is 3.72. The van der Waals surface area contributed by atoms with E-state index in [0.717, 1.165) is 0 Å². The number of nitrogens with one attached hydrogen (secondary N) is 1. The van der Waals surface area contributed by atoms with Gasteiger partial charge in [0.1, 0.15) is 5.69 Å². The molecule has 0 spiro atoms. The number of aliphatic hydroxyl groups is 1. The maximum absolute atomic E-state index is 9.74. The van der Waals surface area contributed by atoms with Crippen molar-refractivity contribution in [1.29, 1.82) is 0 Å². The van der Waals surface area contributed by atoms with Crippen LogP contribution in [0.2, 0.25) is 0 Å². The van der Waals surface area contributed by atoms with E-state index < -0.39 is 5.60 Å². The third kappa shape index (κ3) is 3.33. The SMILES string of the molecule is CN(CC(C)(C)O)c1nc(N)nc(NN)c1N. The largest absolute Gasteiger partial charge is 0.393 e. The molecular weight excluding hydrogens is 222 g/mol. The molecule has 0 aromatic carbocycles. The van der Waals surface area contributed by atoms with Crippen molar-refractivity contribution in [3.8, 4) is 0 Å². The number of nitrogens with zero attached hydrogens (tertiary/aromatic N) is 3. The lowest BCUT2D eigenvalue weighted by Gasteiger charge is -2.27. The quantitative estimate of drug-likeness (QED) is 0.338. The molecule has 1 heterocycles. The maximum Gasteiger partial charge on any atom is 0.224 e. The summed E-state index contributed by atoms with van der Waals surface area (Å²) in [5.41, 5.74) is 13.1. The van der Waals surface area contributed by atoms with Gasteiger partial charge in [-0.25, -0.2) is 5.84 Å². The lowest BCUT2D eigenvalue weighted by Crippen LogP contribution is -2.37. The zero-order valence-corrected chi connectivity index (χ0v) is 10.2. The molecule has 0 aliphatic carbocycles. The number of aromatic nitrogens is 2. The van der Waals surface area contributed by atoms with Gasteiger partial charge in [0.05, 0.1) is 5.60 Å². The van der Waals surface area contributed by atoms with Crippen LogP contribution >= 0.6 is 0 Å². The van der Waals surface area contributed by atoms with Crippen molar-refractivity contribution in [2.45, 2.75) is 19.4 Å². The van der Waals surface area contributed by atoms with E-state index in [0.29, 0.717) is 12.4 Å². The number of nitrogen functional groups attached to an aromatic ring is 3. The molecule has 96 valence electrons. The monoisotopic (exact) mass is 241 g/mol. The van der Waals surface area contributed by atoms with E-state index in [4.69, 9.17) is 17.3 Å². The van der Waals surface area contributed by atoms with E-state index in [1.165, 1.54) is 0 Å². The molecule has 1 aromatic heterocycles. The minimum Gasteiger partial charge on any atom is -0.393 e. The van der Waals surface area contributed by atoms with Gasteiger partial charge in [0.2, 0.25) is 5.95 Å². The summed E-state index contributed by atoms with van der Waals surface area (Å²) < 4.78 is 0. The average molecular weight is 241 g/mol. The number of hydrogen-bond acceptors (Lipinski definition) is 8. The smallest absolute Gasteiger partial charge is 0.224 e. The minimum absolute atomic E-state index is 0.0599. The Morgan fingerprint density at radius 1 is 1.35 bits per heavy atom. The van der Waals surface area contributed by atoms with Crippen molar-refractivity contribution in [1.82, 2.24) is 9.97 Å². The van der Waals surface area contributed by atoms with Crippen LogP contribution < -0.4 is 27.6 Å². The molecule has 1 rings (SSSR count). The third-order valence-corrected chi connectivity index (χ3v) is 2.07. The Labute approximate surface area is 99.8 Å². The average Bonchev–Trinajstić information content (AvgIpc) is 2.18. The predicted molar refractivity (Wildman–Crippen MR) is 68.2 cm³/mol. The van der Waals surface area contributed by atoms with Crippen LogP contribution in [0.1, 0.15) is 13.8 Å². The minimum atomic E-state index is -0.878. The van der Waals surface area contributed by atoms with Crippen molar-refractivity contribution >= 4 is 23.3 Å². The number of hydrazine groups is 1. The van der Waals surface area contributed by atoms with E-state index in [2.05, 4.69) is 15.4 Å². The van der Waals surface area contributed by atoms with E-state index in [9.17, 15) is 5.11 Å². The van der Waals surface area contributed by atoms with Crippen LogP contribution in [0, 0.1) is 0 Å². The van der Waals surface area contributed by atoms with Crippen molar-refractivity contribution < 1.29 is 5.11 Å². The molecule has 0 saturated carbocycles. The Hall–Kier alpha value is -1.80. The number of rotatable bonds is 4. The van der Waals surface area contributed by atoms with Crippen LogP contribution in [-0.2, 0) is 0 Å². The predicted octanol–water partition coefficient (Wildman–Crippen LogP) is -0.866. The highest BCUT2D eigenvalue weighted by Crippen LogP contribution is 2.27. The molecule has 0 radical (unpaired) electrons. The summed E-state index contributed by atoms with van der Waals surface area (Å²) in [5.74, 6) is 6.02. The lowest BCUT2D eigenvalue weighted by atomic mass is 10.1. The van der Waals surface area contributed by atoms with E-state index in [-0.39, 0.29) is 17.5 Å². The summed E-state index contributed by atoms with van der Waals surface area (Å²) in [4.78, 5) is 9.56. The maximum atomic E-state index is 9.74. The van der Waals surface area contributed by atoms with Gasteiger partial charge < -0.3 is 26.9 Å². The van der Waals surface area contributed by atoms with E-state index >= 15 is 0 Å². The summed E-state index contributed by atoms with van der Waals surface area (Å²) in [5, 5.41) is 9.74. The number of hydrogen-bond donors (Lipinski definition) is 5. The molecule has 8 nitrogen and oxygen atoms in total. The second-order valence-electron chi connectivity index (χ2n) is 4.48. The molecule has 0 bridgehead atoms. The van der Waals surface area contributed by atoms with Crippen LogP contribution in [0.4, 0.5) is 23.3 Å². The molecule has 17 heavy (non-hydrogen) atoms. The summed E-state index contributed by atoms with van der Waals surface area (Å²) >= 11 is 0. The van der Waals surface area contributed by atoms with Crippen molar-refractivity contribution in [3.63, 3.8) is 0 Å². The number of anilines is 4. The van der Waals surface area contributed by atoms with Crippen LogP contribution in [0.5, 0.6) is 0 Å². The molecule has 0 atom stereocenters. The van der Waals surface area contributed by atoms with Gasteiger partial charge in [0, 0.05) is 13.6 Å². The molecule has 0 saturated heterocycles. The van der Waals surface area contributed by atoms with Gasteiger partial charge in [-0.05, 0) is 13.8 Å². The lowest BCUT2D eigenvalue weighted by molar-refractivity contribution is 0.0885. The molecule has 8 heteroatoms. The van der Waals surface area contributed by atoms with Gasteiger partial charge in [-0.15, -0.1) is 0 Å². The fourth-order valence-corrected chi connectivity index (χ4v) is 1.53. The second-order valence-corrected chi connectivity index (χ2v) is 4.48. The van der Waals surface area contributed by atoms with Crippen LogP contribution in [0.15, 0.2) is 0 Å². The number of nitrogens with two attached hydrogens (primary N) is 3. The molecule has 8 N–H and O–H groups in total. The van der Waals surface area contributed by atoms with Gasteiger partial charge >= 0.3 is 0 Å². The first-order valence-corrected chi connectivity index (χ1v) is 5.07. The fraction of sp³-hybridized carbons (Fsp3) is 0.556. The standard InChI is InChI=1S/C9H19N7O/c1-9(2,17)4-16(3)7-5(10)6(15-12)13-8(11)14-7/h17H,4,10,12H2,1-3H3,(H3,11,13,14,15). The summed E-state index contributed by atoms with van der Waals surface area (Å²) in [6.07, 6.45) is 0. The molecule has 0 amide bonds.